The smallest absolute Gasteiger partial charge is 0.381 e. The number of anilines is 1. The quantitative estimate of drug-likeness (QED) is 0.855. The fraction of sp³-hybridized carbons (Fsp3) is 0.133. The average molecular weight is 294 g/mol. The summed E-state index contributed by atoms with van der Waals surface area (Å²) in [4.78, 5) is 0. The second-order valence-corrected chi connectivity index (χ2v) is 4.31. The van der Waals surface area contributed by atoms with Crippen molar-refractivity contribution in [2.75, 3.05) is 5.32 Å². The van der Waals surface area contributed by atoms with Crippen LogP contribution in [0, 0.1) is 17.1 Å². The monoisotopic (exact) mass is 294 g/mol. The molecule has 0 bridgehead atoms. The number of hydrogen-bond donors (Lipinski definition) is 1. The molecular weight excluding hydrogens is 284 g/mol. The van der Waals surface area contributed by atoms with Gasteiger partial charge in [0.1, 0.15) is 5.82 Å². The highest BCUT2D eigenvalue weighted by atomic mass is 19.4. The Kier molecular flexibility index (Phi) is 4.13. The highest BCUT2D eigenvalue weighted by Gasteiger charge is 2.33. The number of benzene rings is 2. The molecule has 21 heavy (non-hydrogen) atoms. The molecule has 0 fully saturated rings. The third-order valence-corrected chi connectivity index (χ3v) is 2.89. The van der Waals surface area contributed by atoms with Gasteiger partial charge in [-0.2, -0.15) is 18.4 Å². The van der Waals surface area contributed by atoms with Gasteiger partial charge < -0.3 is 5.32 Å². The first-order chi connectivity index (χ1) is 9.91. The van der Waals surface area contributed by atoms with E-state index >= 15 is 0 Å². The molecule has 0 amide bonds. The first-order valence-electron chi connectivity index (χ1n) is 6.00. The van der Waals surface area contributed by atoms with Crippen LogP contribution in [-0.4, -0.2) is 0 Å². The van der Waals surface area contributed by atoms with Crippen molar-refractivity contribution in [2.45, 2.75) is 12.7 Å². The summed E-state index contributed by atoms with van der Waals surface area (Å²) in [5.41, 5.74) is -0.942. The second kappa shape index (κ2) is 5.83. The Bertz CT molecular complexity index is 687. The third kappa shape index (κ3) is 3.51. The lowest BCUT2D eigenvalue weighted by molar-refractivity contribution is -0.137. The third-order valence-electron chi connectivity index (χ3n) is 2.89. The molecule has 0 unspecified atom stereocenters. The Labute approximate surface area is 118 Å². The molecule has 0 saturated heterocycles. The summed E-state index contributed by atoms with van der Waals surface area (Å²) in [6.07, 6.45) is -4.61. The van der Waals surface area contributed by atoms with Gasteiger partial charge in [-0.25, -0.2) is 4.39 Å². The number of alkyl halides is 3. The number of nitrogens with zero attached hydrogens (tertiary/aromatic N) is 1. The van der Waals surface area contributed by atoms with Crippen LogP contribution in [0.5, 0.6) is 0 Å². The van der Waals surface area contributed by atoms with Crippen LogP contribution in [-0.2, 0) is 12.7 Å². The summed E-state index contributed by atoms with van der Waals surface area (Å²) >= 11 is 0. The van der Waals surface area contributed by atoms with Gasteiger partial charge in [0.2, 0.25) is 0 Å². The fourth-order valence-electron chi connectivity index (χ4n) is 1.83. The van der Waals surface area contributed by atoms with Crippen LogP contribution in [0.4, 0.5) is 23.2 Å². The minimum Gasteiger partial charge on any atom is -0.381 e. The molecule has 2 aromatic rings. The lowest BCUT2D eigenvalue weighted by Gasteiger charge is -2.12. The van der Waals surface area contributed by atoms with E-state index in [2.05, 4.69) is 5.32 Å². The molecule has 0 heterocycles. The first kappa shape index (κ1) is 14.9. The molecule has 0 aliphatic rings. The fourth-order valence-corrected chi connectivity index (χ4v) is 1.83. The van der Waals surface area contributed by atoms with Crippen molar-refractivity contribution in [3.8, 4) is 6.07 Å². The Morgan fingerprint density at radius 1 is 1.10 bits per heavy atom. The highest BCUT2D eigenvalue weighted by Crippen LogP contribution is 2.33. The average Bonchev–Trinajstić information content (AvgIpc) is 2.45. The molecular formula is C15H10F4N2. The molecule has 0 spiro atoms. The Morgan fingerprint density at radius 2 is 1.81 bits per heavy atom. The first-order valence-corrected chi connectivity index (χ1v) is 6.00. The molecule has 0 radical (unpaired) electrons. The van der Waals surface area contributed by atoms with E-state index in [1.165, 1.54) is 30.3 Å². The number of halogens is 4. The molecule has 2 rings (SSSR count). The maximum Gasteiger partial charge on any atom is 0.417 e. The van der Waals surface area contributed by atoms with Gasteiger partial charge in [0.05, 0.1) is 17.2 Å². The van der Waals surface area contributed by atoms with E-state index in [1.54, 1.807) is 6.07 Å². The molecule has 0 saturated carbocycles. The minimum atomic E-state index is -4.61. The van der Waals surface area contributed by atoms with Crippen molar-refractivity contribution in [1.29, 1.82) is 5.26 Å². The zero-order valence-corrected chi connectivity index (χ0v) is 10.7. The van der Waals surface area contributed by atoms with Crippen LogP contribution in [0.3, 0.4) is 0 Å². The maximum absolute atomic E-state index is 13.4. The largest absolute Gasteiger partial charge is 0.417 e. The predicted molar refractivity (Wildman–Crippen MR) is 69.9 cm³/mol. The van der Waals surface area contributed by atoms with Gasteiger partial charge in [0.25, 0.3) is 0 Å². The van der Waals surface area contributed by atoms with Crippen LogP contribution >= 0.6 is 0 Å². The van der Waals surface area contributed by atoms with E-state index in [4.69, 9.17) is 5.26 Å². The highest BCUT2D eigenvalue weighted by molar-refractivity contribution is 5.53. The summed E-state index contributed by atoms with van der Waals surface area (Å²) in [6, 6.07) is 10.8. The van der Waals surface area contributed by atoms with Crippen molar-refractivity contribution in [3.63, 3.8) is 0 Å². The van der Waals surface area contributed by atoms with Crippen LogP contribution < -0.4 is 5.32 Å². The van der Waals surface area contributed by atoms with E-state index in [9.17, 15) is 17.6 Å². The number of nitriles is 1. The van der Waals surface area contributed by atoms with Crippen LogP contribution in [0.1, 0.15) is 16.7 Å². The van der Waals surface area contributed by atoms with Gasteiger partial charge in [0, 0.05) is 17.8 Å². The maximum atomic E-state index is 13.4. The Morgan fingerprint density at radius 3 is 2.43 bits per heavy atom. The summed E-state index contributed by atoms with van der Waals surface area (Å²) in [5.74, 6) is -0.435. The molecule has 0 aromatic heterocycles. The second-order valence-electron chi connectivity index (χ2n) is 4.31. The SMILES string of the molecule is N#Cc1ccc(NCc2ccccc2F)cc1C(F)(F)F. The van der Waals surface area contributed by atoms with Gasteiger partial charge >= 0.3 is 6.18 Å². The van der Waals surface area contributed by atoms with E-state index in [-0.39, 0.29) is 12.2 Å². The van der Waals surface area contributed by atoms with Gasteiger partial charge in [0.15, 0.2) is 0 Å². The van der Waals surface area contributed by atoms with Crippen molar-refractivity contribution >= 4 is 5.69 Å². The van der Waals surface area contributed by atoms with Gasteiger partial charge in [-0.15, -0.1) is 0 Å². The minimum absolute atomic E-state index is 0.0515. The summed E-state index contributed by atoms with van der Waals surface area (Å²) in [5, 5.41) is 11.4. The predicted octanol–water partition coefficient (Wildman–Crippen LogP) is 4.33. The zero-order chi connectivity index (χ0) is 15.5. The Balaban J connectivity index is 2.23. The van der Waals surface area contributed by atoms with Crippen molar-refractivity contribution < 1.29 is 17.6 Å². The summed E-state index contributed by atoms with van der Waals surface area (Å²) in [7, 11) is 0. The van der Waals surface area contributed by atoms with E-state index in [0.717, 1.165) is 12.1 Å². The van der Waals surface area contributed by atoms with Crippen molar-refractivity contribution in [1.82, 2.24) is 0 Å². The molecule has 108 valence electrons. The van der Waals surface area contributed by atoms with Crippen LogP contribution in [0.25, 0.3) is 0 Å². The molecule has 0 aliphatic heterocycles. The van der Waals surface area contributed by atoms with Gasteiger partial charge in [-0.1, -0.05) is 18.2 Å². The summed E-state index contributed by atoms with van der Waals surface area (Å²) in [6.45, 7) is 0.0515. The number of nitrogens with one attached hydrogen (secondary N) is 1. The molecule has 2 nitrogen and oxygen atoms in total. The van der Waals surface area contributed by atoms with E-state index in [1.807, 2.05) is 0 Å². The zero-order valence-electron chi connectivity index (χ0n) is 10.7. The molecule has 6 heteroatoms. The van der Waals surface area contributed by atoms with Crippen LogP contribution in [0.2, 0.25) is 0 Å². The molecule has 1 N–H and O–H groups in total. The molecule has 0 atom stereocenters. The van der Waals surface area contributed by atoms with Crippen molar-refractivity contribution in [3.05, 3.63) is 65.0 Å². The number of hydrogen-bond acceptors (Lipinski definition) is 2. The van der Waals surface area contributed by atoms with Crippen LogP contribution in [0.15, 0.2) is 42.5 Å². The normalized spacial score (nSPS) is 11.0. The van der Waals surface area contributed by atoms with Crippen molar-refractivity contribution in [2.24, 2.45) is 0 Å². The molecule has 0 aliphatic carbocycles. The standard InChI is InChI=1S/C15H10F4N2/c16-14-4-2-1-3-11(14)9-21-12-6-5-10(8-20)13(7-12)15(17,18)19/h1-7,21H,9H2. The number of rotatable bonds is 3. The Hall–Kier alpha value is -2.55. The lowest BCUT2D eigenvalue weighted by atomic mass is 10.1. The van der Waals surface area contributed by atoms with E-state index < -0.39 is 23.1 Å². The summed E-state index contributed by atoms with van der Waals surface area (Å²) < 4.78 is 51.8. The van der Waals surface area contributed by atoms with Gasteiger partial charge in [-0.05, 0) is 24.3 Å². The topological polar surface area (TPSA) is 35.8 Å². The lowest BCUT2D eigenvalue weighted by Crippen LogP contribution is -2.09. The molecule has 2 aromatic carbocycles. The van der Waals surface area contributed by atoms with E-state index in [0.29, 0.717) is 5.56 Å². The van der Waals surface area contributed by atoms with Gasteiger partial charge in [-0.3, -0.25) is 0 Å².